The Morgan fingerprint density at radius 3 is 2.00 bits per heavy atom. The van der Waals surface area contributed by atoms with Crippen molar-refractivity contribution < 1.29 is 0 Å². The summed E-state index contributed by atoms with van der Waals surface area (Å²) in [5.41, 5.74) is 2.43. The number of rotatable bonds is 2. The molecule has 3 aromatic heterocycles. The second-order valence-electron chi connectivity index (χ2n) is 7.88. The van der Waals surface area contributed by atoms with E-state index in [-0.39, 0.29) is 20.7 Å². The van der Waals surface area contributed by atoms with Gasteiger partial charge in [-0.3, -0.25) is 24.5 Å². The van der Waals surface area contributed by atoms with Crippen LogP contribution < -0.4 is 16.0 Å². The largest absolute Gasteiger partial charge is 0.361 e. The lowest BCUT2D eigenvalue weighted by Crippen LogP contribution is -2.35. The van der Waals surface area contributed by atoms with Crippen molar-refractivity contribution in [2.45, 2.75) is 5.92 Å². The zero-order valence-corrected chi connectivity index (χ0v) is 20.5. The molecule has 0 bridgehead atoms. The Kier molecular flexibility index (Phi) is 4.80. The minimum absolute atomic E-state index is 0.176. The monoisotopic (exact) mass is 550 g/mol. The third kappa shape index (κ3) is 3.16. The summed E-state index contributed by atoms with van der Waals surface area (Å²) >= 11 is 14.1. The summed E-state index contributed by atoms with van der Waals surface area (Å²) in [6.45, 7) is 0. The molecule has 34 heavy (non-hydrogen) atoms. The number of fused-ring (bicyclic) bond motifs is 3. The highest BCUT2D eigenvalue weighted by Gasteiger charge is 2.39. The van der Waals surface area contributed by atoms with E-state index in [0.29, 0.717) is 22.8 Å². The van der Waals surface area contributed by atoms with Crippen LogP contribution in [-0.2, 0) is 0 Å². The van der Waals surface area contributed by atoms with Crippen LogP contribution in [0, 0.1) is 9.54 Å². The second-order valence-corrected chi connectivity index (χ2v) is 9.61. The number of nitrogens with zero attached hydrogens (tertiary/aromatic N) is 1. The van der Waals surface area contributed by atoms with Gasteiger partial charge in [0.2, 0.25) is 0 Å². The smallest absolute Gasteiger partial charge is 0.258 e. The molecule has 4 heterocycles. The van der Waals surface area contributed by atoms with Gasteiger partial charge in [0.1, 0.15) is 11.6 Å². The van der Waals surface area contributed by atoms with E-state index >= 15 is 0 Å². The van der Waals surface area contributed by atoms with Crippen LogP contribution in [0.5, 0.6) is 0 Å². The topological polar surface area (TPSA) is 116 Å². The molecule has 11 heteroatoms. The van der Waals surface area contributed by atoms with Gasteiger partial charge in [-0.05, 0) is 60.3 Å². The summed E-state index contributed by atoms with van der Waals surface area (Å²) < 4.78 is 1.24. The summed E-state index contributed by atoms with van der Waals surface area (Å²) in [5, 5.41) is 0.908. The highest BCUT2D eigenvalue weighted by Crippen LogP contribution is 2.48. The van der Waals surface area contributed by atoms with Crippen molar-refractivity contribution in [1.82, 2.24) is 24.9 Å². The fourth-order valence-corrected chi connectivity index (χ4v) is 5.25. The van der Waals surface area contributed by atoms with Crippen LogP contribution in [-0.4, -0.2) is 24.9 Å². The Hall–Kier alpha value is -3.54. The van der Waals surface area contributed by atoms with Gasteiger partial charge in [-0.15, -0.1) is 0 Å². The number of H-pyrrole nitrogens is 5. The first-order valence-corrected chi connectivity index (χ1v) is 11.9. The number of benzene rings is 2. The molecule has 0 radical (unpaired) electrons. The highest BCUT2D eigenvalue weighted by atomic mass is 79.9. The SMILES string of the molecule is O=c1[nH]c(=S)[nH]c2c1C(c1c[nH]c3ccccc13)c1c([nH]c(=S)[nH]c1=O)N2c1ccc(Br)cc1. The van der Waals surface area contributed by atoms with Gasteiger partial charge in [0.25, 0.3) is 11.1 Å². The number of halogens is 1. The Balaban J connectivity index is 1.77. The van der Waals surface area contributed by atoms with E-state index in [9.17, 15) is 9.59 Å². The van der Waals surface area contributed by atoms with E-state index in [2.05, 4.69) is 40.8 Å². The number of aromatic nitrogens is 5. The first-order chi connectivity index (χ1) is 16.4. The van der Waals surface area contributed by atoms with Crippen molar-refractivity contribution in [1.29, 1.82) is 0 Å². The van der Waals surface area contributed by atoms with E-state index in [1.165, 1.54) is 0 Å². The van der Waals surface area contributed by atoms with Gasteiger partial charge in [-0.2, -0.15) is 0 Å². The molecule has 0 fully saturated rings. The molecule has 6 rings (SSSR count). The summed E-state index contributed by atoms with van der Waals surface area (Å²) in [4.78, 5) is 43.6. The molecule has 0 spiro atoms. The molecule has 0 aliphatic carbocycles. The molecular weight excluding hydrogens is 536 g/mol. The number of nitrogens with one attached hydrogen (secondary N) is 5. The maximum absolute atomic E-state index is 13.4. The molecule has 5 aromatic rings. The number of hydrogen-bond acceptors (Lipinski definition) is 5. The van der Waals surface area contributed by atoms with Crippen molar-refractivity contribution in [2.24, 2.45) is 0 Å². The second kappa shape index (κ2) is 7.76. The maximum atomic E-state index is 13.4. The van der Waals surface area contributed by atoms with E-state index in [1.807, 2.05) is 54.7 Å². The van der Waals surface area contributed by atoms with Crippen LogP contribution in [0.2, 0.25) is 0 Å². The molecule has 2 aromatic carbocycles. The summed E-state index contributed by atoms with van der Waals surface area (Å²) in [7, 11) is 0. The average Bonchev–Trinajstić information content (AvgIpc) is 3.22. The van der Waals surface area contributed by atoms with Crippen molar-refractivity contribution in [3.63, 3.8) is 0 Å². The Bertz CT molecular complexity index is 1750. The summed E-state index contributed by atoms with van der Waals surface area (Å²) in [6, 6.07) is 15.3. The van der Waals surface area contributed by atoms with Crippen molar-refractivity contribution in [3.8, 4) is 0 Å². The van der Waals surface area contributed by atoms with Gasteiger partial charge in [0, 0.05) is 27.3 Å². The molecular formula is C23H15BrN6O2S2. The third-order valence-corrected chi connectivity index (χ3v) is 6.90. The van der Waals surface area contributed by atoms with Crippen molar-refractivity contribution in [3.05, 3.63) is 106 Å². The predicted octanol–water partition coefficient (Wildman–Crippen LogP) is 5.39. The van der Waals surface area contributed by atoms with E-state index in [4.69, 9.17) is 24.4 Å². The summed E-state index contributed by atoms with van der Waals surface area (Å²) in [5.74, 6) is 0.254. The number of hydrogen-bond donors (Lipinski definition) is 5. The molecule has 1 aliphatic heterocycles. The lowest BCUT2D eigenvalue weighted by Gasteiger charge is -2.35. The van der Waals surface area contributed by atoms with Crippen molar-refractivity contribution >= 4 is 68.6 Å². The van der Waals surface area contributed by atoms with Crippen LogP contribution >= 0.6 is 40.4 Å². The predicted molar refractivity (Wildman–Crippen MR) is 140 cm³/mol. The van der Waals surface area contributed by atoms with E-state index < -0.39 is 5.92 Å². The van der Waals surface area contributed by atoms with Crippen LogP contribution in [0.3, 0.4) is 0 Å². The van der Waals surface area contributed by atoms with Crippen molar-refractivity contribution in [2.75, 3.05) is 4.90 Å². The van der Waals surface area contributed by atoms with E-state index in [0.717, 1.165) is 26.6 Å². The van der Waals surface area contributed by atoms with Crippen LogP contribution in [0.1, 0.15) is 22.6 Å². The highest BCUT2D eigenvalue weighted by molar-refractivity contribution is 9.10. The van der Waals surface area contributed by atoms with Crippen LogP contribution in [0.15, 0.2) is 68.8 Å². The number of aromatic amines is 5. The lowest BCUT2D eigenvalue weighted by atomic mass is 9.83. The van der Waals surface area contributed by atoms with Gasteiger partial charge < -0.3 is 15.0 Å². The Labute approximate surface area is 209 Å². The minimum atomic E-state index is -0.681. The summed E-state index contributed by atoms with van der Waals surface area (Å²) in [6.07, 6.45) is 1.83. The Morgan fingerprint density at radius 2 is 1.38 bits per heavy atom. The molecule has 168 valence electrons. The minimum Gasteiger partial charge on any atom is -0.361 e. The van der Waals surface area contributed by atoms with E-state index in [1.54, 1.807) is 4.90 Å². The zero-order chi connectivity index (χ0) is 23.6. The van der Waals surface area contributed by atoms with Gasteiger partial charge in [0.15, 0.2) is 9.54 Å². The molecule has 5 N–H and O–H groups in total. The normalized spacial score (nSPS) is 13.1. The zero-order valence-electron chi connectivity index (χ0n) is 17.2. The quantitative estimate of drug-likeness (QED) is 0.185. The molecule has 8 nitrogen and oxygen atoms in total. The molecule has 0 atom stereocenters. The maximum Gasteiger partial charge on any atom is 0.258 e. The first-order valence-electron chi connectivity index (χ1n) is 10.3. The van der Waals surface area contributed by atoms with Gasteiger partial charge in [-0.25, -0.2) is 0 Å². The van der Waals surface area contributed by atoms with Gasteiger partial charge in [0.05, 0.1) is 17.0 Å². The number of anilines is 3. The molecule has 0 amide bonds. The molecule has 0 saturated carbocycles. The lowest BCUT2D eigenvalue weighted by molar-refractivity contribution is 0.835. The average molecular weight is 551 g/mol. The van der Waals surface area contributed by atoms with Crippen LogP contribution in [0.4, 0.5) is 17.3 Å². The standard InChI is InChI=1S/C23H15BrN6O2S2/c24-10-5-7-11(8-6-10)30-18-16(20(31)28-22(33)26-18)15(17-19(30)27-23(34)29-21(17)32)13-9-25-14-4-2-1-3-12(13)14/h1-9,15,25H,(H2,26,28,31,33)(H2,27,29,32,34). The van der Waals surface area contributed by atoms with Gasteiger partial charge >= 0.3 is 0 Å². The molecule has 0 saturated heterocycles. The fourth-order valence-electron chi connectivity index (χ4n) is 4.60. The number of para-hydroxylation sites is 1. The van der Waals surface area contributed by atoms with Gasteiger partial charge in [-0.1, -0.05) is 34.1 Å². The first kappa shape index (κ1) is 21.0. The third-order valence-electron chi connectivity index (χ3n) is 5.96. The Morgan fingerprint density at radius 1 is 0.794 bits per heavy atom. The molecule has 0 unspecified atom stereocenters. The fraction of sp³-hybridized carbons (Fsp3) is 0.0435. The van der Waals surface area contributed by atoms with Crippen LogP contribution in [0.25, 0.3) is 10.9 Å². The molecule has 1 aliphatic rings.